The maximum Gasteiger partial charge on any atom is 0.309 e. The van der Waals surface area contributed by atoms with Crippen LogP contribution in [-0.4, -0.2) is 43.3 Å². The summed E-state index contributed by atoms with van der Waals surface area (Å²) in [7, 11) is 1.86. The summed E-state index contributed by atoms with van der Waals surface area (Å²) in [6.07, 6.45) is 8.50. The molecule has 0 radical (unpaired) electrons. The molecular weight excluding hydrogens is 685 g/mol. The predicted octanol–water partition coefficient (Wildman–Crippen LogP) is 8.35. The summed E-state index contributed by atoms with van der Waals surface area (Å²) in [5.74, 6) is -0.375. The van der Waals surface area contributed by atoms with Crippen molar-refractivity contribution < 1.29 is 28.6 Å². The van der Waals surface area contributed by atoms with E-state index < -0.39 is 28.6 Å². The lowest BCUT2D eigenvalue weighted by Crippen LogP contribution is -2.66. The summed E-state index contributed by atoms with van der Waals surface area (Å²) in [6.45, 7) is 19.4. The number of aromatic nitrogens is 3. The van der Waals surface area contributed by atoms with Crippen LogP contribution < -0.4 is 5.56 Å². The van der Waals surface area contributed by atoms with Gasteiger partial charge in [-0.3, -0.25) is 23.9 Å². The summed E-state index contributed by atoms with van der Waals surface area (Å²) in [4.78, 5) is 57.1. The van der Waals surface area contributed by atoms with Gasteiger partial charge >= 0.3 is 11.9 Å². The Hall–Kier alpha value is -3.56. The van der Waals surface area contributed by atoms with Crippen LogP contribution in [0.3, 0.4) is 0 Å². The van der Waals surface area contributed by atoms with Gasteiger partial charge in [0, 0.05) is 30.4 Å². The van der Waals surface area contributed by atoms with Crippen LogP contribution in [0.2, 0.25) is 0 Å². The SMILES string of the molecule is CC(C)C1=C2[C@H]3CC[C@@H]4[C@@]5(C)CC[C@H](OC(=O)CC(C)(C)C(=O)O)C(C)(C)[C@@H]5CC[C@@]4(C)[C@]3(C)CC[C@@]2(c2cc(=O)n(-c3ccc(F)cn3)n2C)CC1=O. The van der Waals surface area contributed by atoms with Crippen molar-refractivity contribution in [1.29, 1.82) is 0 Å². The summed E-state index contributed by atoms with van der Waals surface area (Å²) >= 11 is 0. The van der Waals surface area contributed by atoms with Gasteiger partial charge in [0.1, 0.15) is 11.9 Å². The lowest BCUT2D eigenvalue weighted by molar-refractivity contribution is -0.232. The topological polar surface area (TPSA) is 120 Å². The van der Waals surface area contributed by atoms with Gasteiger partial charge in [0.2, 0.25) is 0 Å². The van der Waals surface area contributed by atoms with Crippen molar-refractivity contribution in [3.05, 3.63) is 57.4 Å². The Morgan fingerprint density at radius 1 is 0.981 bits per heavy atom. The van der Waals surface area contributed by atoms with Gasteiger partial charge in [-0.15, -0.1) is 0 Å². The Labute approximate surface area is 319 Å². The largest absolute Gasteiger partial charge is 0.481 e. The van der Waals surface area contributed by atoms with Gasteiger partial charge in [-0.1, -0.05) is 48.5 Å². The van der Waals surface area contributed by atoms with Crippen LogP contribution in [0.5, 0.6) is 0 Å². The number of halogens is 1. The minimum atomic E-state index is -1.18. The first-order valence-corrected chi connectivity index (χ1v) is 20.2. The van der Waals surface area contributed by atoms with Crippen LogP contribution in [0, 0.1) is 56.6 Å². The number of ketones is 1. The van der Waals surface area contributed by atoms with Gasteiger partial charge in [0.25, 0.3) is 5.56 Å². The first-order chi connectivity index (χ1) is 25.0. The molecule has 1 N–H and O–H groups in total. The van der Waals surface area contributed by atoms with E-state index in [0.29, 0.717) is 24.1 Å². The Morgan fingerprint density at radius 2 is 1.69 bits per heavy atom. The number of Topliss-reactive ketones (excluding diaryl/α,β-unsaturated/α-hetero) is 1. The van der Waals surface area contributed by atoms with Gasteiger partial charge in [0.15, 0.2) is 11.6 Å². The van der Waals surface area contributed by atoms with Crippen molar-refractivity contribution in [3.63, 3.8) is 0 Å². The van der Waals surface area contributed by atoms with Gasteiger partial charge < -0.3 is 9.84 Å². The predicted molar refractivity (Wildman–Crippen MR) is 203 cm³/mol. The molecule has 0 saturated heterocycles. The van der Waals surface area contributed by atoms with E-state index >= 15 is 0 Å². The van der Waals surface area contributed by atoms with Crippen LogP contribution in [0.15, 0.2) is 40.3 Å². The number of esters is 1. The van der Waals surface area contributed by atoms with E-state index in [-0.39, 0.29) is 57.4 Å². The summed E-state index contributed by atoms with van der Waals surface area (Å²) < 4.78 is 23.4. The fourth-order valence-electron chi connectivity index (χ4n) is 13.5. The van der Waals surface area contributed by atoms with Crippen molar-refractivity contribution >= 4 is 17.7 Å². The van der Waals surface area contributed by atoms with Crippen LogP contribution >= 0.6 is 0 Å². The van der Waals surface area contributed by atoms with Crippen molar-refractivity contribution in [2.24, 2.45) is 57.8 Å². The van der Waals surface area contributed by atoms with E-state index in [0.717, 1.165) is 68.8 Å². The summed E-state index contributed by atoms with van der Waals surface area (Å²) in [5, 5.41) is 9.62. The Morgan fingerprint density at radius 3 is 2.31 bits per heavy atom. The number of hydrogen-bond acceptors (Lipinski definition) is 6. The smallest absolute Gasteiger partial charge is 0.309 e. The maximum atomic E-state index is 14.3. The minimum absolute atomic E-state index is 0.00496. The molecule has 54 heavy (non-hydrogen) atoms. The molecule has 0 aromatic carbocycles. The third-order valence-corrected chi connectivity index (χ3v) is 16.3. The number of carboxylic acid groups (broad SMARTS) is 1. The second-order valence-corrected chi connectivity index (χ2v) is 20.0. The van der Waals surface area contributed by atoms with Crippen LogP contribution in [0.4, 0.5) is 4.39 Å². The Kier molecular flexibility index (Phi) is 8.94. The molecule has 2 aromatic rings. The number of carbonyl (C=O) groups is 3. The zero-order valence-corrected chi connectivity index (χ0v) is 34.0. The number of carbonyl (C=O) groups excluding carboxylic acids is 2. The molecule has 5 aliphatic rings. The number of nitrogens with zero attached hydrogens (tertiary/aromatic N) is 3. The molecule has 5 aliphatic carbocycles. The summed E-state index contributed by atoms with van der Waals surface area (Å²) in [5.41, 5.74) is 0.675. The molecule has 294 valence electrons. The zero-order chi connectivity index (χ0) is 39.6. The molecule has 2 heterocycles. The van der Waals surface area contributed by atoms with E-state index in [9.17, 15) is 28.7 Å². The third-order valence-electron chi connectivity index (χ3n) is 16.3. The van der Waals surface area contributed by atoms with Gasteiger partial charge in [-0.05, 0) is 128 Å². The van der Waals surface area contributed by atoms with Crippen molar-refractivity contribution in [3.8, 4) is 5.82 Å². The van der Waals surface area contributed by atoms with Crippen molar-refractivity contribution in [2.45, 2.75) is 138 Å². The average molecular weight is 746 g/mol. The van der Waals surface area contributed by atoms with Crippen LogP contribution in [-0.2, 0) is 31.6 Å². The molecule has 0 spiro atoms. The van der Waals surface area contributed by atoms with E-state index in [1.54, 1.807) is 19.9 Å². The highest BCUT2D eigenvalue weighted by Gasteiger charge is 2.70. The number of hydrogen-bond donors (Lipinski definition) is 1. The average Bonchev–Trinajstić information content (AvgIpc) is 3.55. The number of rotatable bonds is 7. The molecule has 0 amide bonds. The van der Waals surface area contributed by atoms with Gasteiger partial charge in [-0.2, -0.15) is 4.68 Å². The number of carboxylic acids is 1. The molecule has 9 nitrogen and oxygen atoms in total. The molecule has 2 aromatic heterocycles. The first-order valence-electron chi connectivity index (χ1n) is 20.2. The van der Waals surface area contributed by atoms with Crippen LogP contribution in [0.25, 0.3) is 5.82 Å². The van der Waals surface area contributed by atoms with E-state index in [1.165, 1.54) is 22.4 Å². The number of pyridine rings is 1. The Balaban J connectivity index is 1.24. The normalized spacial score (nSPS) is 36.0. The fraction of sp³-hybridized carbons (Fsp3) is 0.705. The molecule has 0 aliphatic heterocycles. The third kappa shape index (κ3) is 5.30. The summed E-state index contributed by atoms with van der Waals surface area (Å²) in [6, 6.07) is 4.52. The number of fused-ring (bicyclic) bond motifs is 7. The fourth-order valence-corrected chi connectivity index (χ4v) is 13.5. The molecule has 7 rings (SSSR count). The second kappa shape index (κ2) is 12.5. The molecule has 4 saturated carbocycles. The van der Waals surface area contributed by atoms with E-state index in [2.05, 4.69) is 53.5 Å². The first kappa shape index (κ1) is 38.7. The lowest BCUT2D eigenvalue weighted by Gasteiger charge is -2.72. The van der Waals surface area contributed by atoms with Gasteiger partial charge in [-0.25, -0.2) is 9.37 Å². The number of ether oxygens (including phenoxy) is 1. The highest BCUT2D eigenvalue weighted by atomic mass is 19.1. The monoisotopic (exact) mass is 745 g/mol. The maximum absolute atomic E-state index is 14.3. The quantitative estimate of drug-likeness (QED) is 0.283. The molecule has 0 unspecified atom stereocenters. The second-order valence-electron chi connectivity index (χ2n) is 20.0. The van der Waals surface area contributed by atoms with Crippen molar-refractivity contribution in [2.75, 3.05) is 0 Å². The van der Waals surface area contributed by atoms with E-state index in [1.807, 2.05) is 11.7 Å². The molecule has 10 heteroatoms. The lowest BCUT2D eigenvalue weighted by atomic mass is 9.33. The zero-order valence-electron chi connectivity index (χ0n) is 34.0. The van der Waals surface area contributed by atoms with E-state index in [4.69, 9.17) is 4.74 Å². The van der Waals surface area contributed by atoms with Gasteiger partial charge in [0.05, 0.1) is 23.7 Å². The molecule has 8 atom stereocenters. The molecule has 4 fully saturated rings. The highest BCUT2D eigenvalue weighted by molar-refractivity contribution is 6.01. The molecule has 0 bridgehead atoms. The Bertz CT molecular complexity index is 1990. The number of aliphatic carboxylic acids is 1. The van der Waals surface area contributed by atoms with Crippen LogP contribution in [0.1, 0.15) is 132 Å². The standard InChI is InChI=1S/C44H60FN3O6/c1-25(2)36-28(49)22-44(31-21-34(50)48(47(31)10)33-14-11-26(45)24-46-33)20-19-42(8)27(37(36)44)12-13-30-41(7)17-16-32(54-35(51)23-39(3,4)38(52)53)40(5,6)29(41)15-18-43(30,42)9/h11,14,21,24-25,27,29-30,32H,12-13,15-20,22-23H2,1-10H3,(H,52,53)/t27-,29+,30-,32+,41+,42-,43-,44+/m1/s1. The molecular formula is C44H60FN3O6. The van der Waals surface area contributed by atoms with Crippen molar-refractivity contribution in [1.82, 2.24) is 14.3 Å². The number of allylic oxidation sites excluding steroid dienone is 2. The minimum Gasteiger partial charge on any atom is -0.481 e. The highest BCUT2D eigenvalue weighted by Crippen LogP contribution is 2.76.